The highest BCUT2D eigenvalue weighted by Crippen LogP contribution is 2.26. The number of hydrogen-bond donors (Lipinski definition) is 0. The van der Waals surface area contributed by atoms with Crippen molar-refractivity contribution in [1.29, 1.82) is 0 Å². The van der Waals surface area contributed by atoms with Gasteiger partial charge in [-0.25, -0.2) is 0 Å². The summed E-state index contributed by atoms with van der Waals surface area (Å²) in [6.07, 6.45) is 0. The summed E-state index contributed by atoms with van der Waals surface area (Å²) in [4.78, 5) is 3.85. The molecule has 1 heterocycles. The molecule has 0 saturated heterocycles. The molecule has 0 saturated carbocycles. The van der Waals surface area contributed by atoms with Crippen molar-refractivity contribution < 1.29 is 9.47 Å². The molecule has 0 aliphatic heterocycles. The van der Waals surface area contributed by atoms with E-state index < -0.39 is 0 Å². The van der Waals surface area contributed by atoms with Gasteiger partial charge < -0.3 is 9.47 Å². The molecule has 1 aromatic carbocycles. The summed E-state index contributed by atoms with van der Waals surface area (Å²) in [6, 6.07) is 7.35. The standard InChI is InChI=1S/C11H9Cl2N3O2/c1-17-6-7-3-2-4-8(5-7)18-10-9(12)15-16-11(13)14-10/h2-5H,6H2,1H3. The van der Waals surface area contributed by atoms with Crippen LogP contribution in [0, 0.1) is 0 Å². The third kappa shape index (κ3) is 3.29. The molecule has 7 heteroatoms. The van der Waals surface area contributed by atoms with Gasteiger partial charge in [-0.05, 0) is 29.3 Å². The van der Waals surface area contributed by atoms with E-state index in [4.69, 9.17) is 32.7 Å². The molecule has 0 aliphatic carbocycles. The van der Waals surface area contributed by atoms with Crippen LogP contribution in [0.15, 0.2) is 24.3 Å². The van der Waals surface area contributed by atoms with Crippen molar-refractivity contribution in [3.8, 4) is 11.6 Å². The second-order valence-corrected chi connectivity index (χ2v) is 4.06. The van der Waals surface area contributed by atoms with Gasteiger partial charge in [-0.15, -0.1) is 10.2 Å². The van der Waals surface area contributed by atoms with Crippen molar-refractivity contribution >= 4 is 23.2 Å². The van der Waals surface area contributed by atoms with E-state index in [1.54, 1.807) is 13.2 Å². The van der Waals surface area contributed by atoms with E-state index in [0.29, 0.717) is 12.4 Å². The molecule has 0 spiro atoms. The third-order valence-corrected chi connectivity index (χ3v) is 2.41. The van der Waals surface area contributed by atoms with E-state index in [1.807, 2.05) is 18.2 Å². The first-order chi connectivity index (χ1) is 8.69. The van der Waals surface area contributed by atoms with Crippen LogP contribution in [0.5, 0.6) is 11.6 Å². The van der Waals surface area contributed by atoms with Crippen molar-refractivity contribution in [1.82, 2.24) is 15.2 Å². The Hall–Kier alpha value is -1.43. The number of halogens is 2. The fourth-order valence-electron chi connectivity index (χ4n) is 1.32. The van der Waals surface area contributed by atoms with Gasteiger partial charge in [0.1, 0.15) is 5.75 Å². The molecule has 0 radical (unpaired) electrons. The quantitative estimate of drug-likeness (QED) is 0.864. The maximum Gasteiger partial charge on any atom is 0.262 e. The lowest BCUT2D eigenvalue weighted by Gasteiger charge is -2.07. The van der Waals surface area contributed by atoms with Gasteiger partial charge >= 0.3 is 0 Å². The topological polar surface area (TPSA) is 57.1 Å². The summed E-state index contributed by atoms with van der Waals surface area (Å²) in [5, 5.41) is 7.13. The van der Waals surface area contributed by atoms with Crippen LogP contribution in [0.4, 0.5) is 0 Å². The summed E-state index contributed by atoms with van der Waals surface area (Å²) >= 11 is 11.4. The first-order valence-electron chi connectivity index (χ1n) is 5.00. The van der Waals surface area contributed by atoms with Crippen LogP contribution in [0.25, 0.3) is 0 Å². The van der Waals surface area contributed by atoms with Crippen LogP contribution in [0.1, 0.15) is 5.56 Å². The Morgan fingerprint density at radius 1 is 1.22 bits per heavy atom. The highest BCUT2D eigenvalue weighted by Gasteiger charge is 2.09. The number of ether oxygens (including phenoxy) is 2. The summed E-state index contributed by atoms with van der Waals surface area (Å²) in [6.45, 7) is 0.494. The number of benzene rings is 1. The average Bonchev–Trinajstić information content (AvgIpc) is 2.35. The predicted octanol–water partition coefficient (Wildman–Crippen LogP) is 3.12. The van der Waals surface area contributed by atoms with Gasteiger partial charge in [0.25, 0.3) is 5.88 Å². The molecule has 94 valence electrons. The summed E-state index contributed by atoms with van der Waals surface area (Å²) in [5.41, 5.74) is 0.972. The Morgan fingerprint density at radius 2 is 2.06 bits per heavy atom. The molecule has 0 unspecified atom stereocenters. The van der Waals surface area contributed by atoms with Crippen LogP contribution in [-0.2, 0) is 11.3 Å². The minimum atomic E-state index is -0.0255. The Bertz CT molecular complexity index is 552. The fourth-order valence-corrected chi connectivity index (χ4v) is 1.56. The van der Waals surface area contributed by atoms with E-state index in [9.17, 15) is 0 Å². The van der Waals surface area contributed by atoms with Crippen molar-refractivity contribution in [3.63, 3.8) is 0 Å². The molecule has 0 aliphatic rings. The van der Waals surface area contributed by atoms with Crippen molar-refractivity contribution in [2.24, 2.45) is 0 Å². The van der Waals surface area contributed by atoms with Gasteiger partial charge in [-0.2, -0.15) is 4.98 Å². The number of hydrogen-bond acceptors (Lipinski definition) is 5. The number of nitrogens with zero attached hydrogens (tertiary/aromatic N) is 3. The molecule has 0 fully saturated rings. The van der Waals surface area contributed by atoms with Gasteiger partial charge in [0.15, 0.2) is 0 Å². The minimum absolute atomic E-state index is 0.0255. The maximum atomic E-state index is 5.80. The van der Waals surface area contributed by atoms with E-state index in [1.165, 1.54) is 0 Å². The molecule has 1 aromatic heterocycles. The first kappa shape index (κ1) is 13.0. The molecule has 2 aromatic rings. The highest BCUT2D eigenvalue weighted by atomic mass is 35.5. The van der Waals surface area contributed by atoms with Crippen LogP contribution in [0.3, 0.4) is 0 Å². The van der Waals surface area contributed by atoms with Gasteiger partial charge in [0, 0.05) is 7.11 Å². The lowest BCUT2D eigenvalue weighted by Crippen LogP contribution is -1.95. The number of methoxy groups -OCH3 is 1. The second-order valence-electron chi connectivity index (χ2n) is 3.36. The Kier molecular flexibility index (Phi) is 4.30. The molecular weight excluding hydrogens is 277 g/mol. The summed E-state index contributed by atoms with van der Waals surface area (Å²) < 4.78 is 10.5. The minimum Gasteiger partial charge on any atom is -0.436 e. The highest BCUT2D eigenvalue weighted by molar-refractivity contribution is 6.31. The Balaban J connectivity index is 2.22. The lowest BCUT2D eigenvalue weighted by atomic mass is 10.2. The Labute approximate surface area is 114 Å². The zero-order valence-corrected chi connectivity index (χ0v) is 10.9. The zero-order valence-electron chi connectivity index (χ0n) is 9.43. The van der Waals surface area contributed by atoms with Crippen LogP contribution in [-0.4, -0.2) is 22.3 Å². The van der Waals surface area contributed by atoms with Crippen LogP contribution < -0.4 is 4.74 Å². The van der Waals surface area contributed by atoms with E-state index in [-0.39, 0.29) is 16.3 Å². The lowest BCUT2D eigenvalue weighted by molar-refractivity contribution is 0.184. The van der Waals surface area contributed by atoms with Crippen LogP contribution in [0.2, 0.25) is 10.4 Å². The smallest absolute Gasteiger partial charge is 0.262 e. The largest absolute Gasteiger partial charge is 0.436 e. The first-order valence-corrected chi connectivity index (χ1v) is 5.76. The molecule has 0 N–H and O–H groups in total. The summed E-state index contributed by atoms with van der Waals surface area (Å²) in [5.74, 6) is 0.689. The molecule has 5 nitrogen and oxygen atoms in total. The van der Waals surface area contributed by atoms with E-state index in [2.05, 4.69) is 15.2 Å². The molecular formula is C11H9Cl2N3O2. The van der Waals surface area contributed by atoms with Gasteiger partial charge in [-0.3, -0.25) is 0 Å². The molecule has 2 rings (SSSR count). The zero-order chi connectivity index (χ0) is 13.0. The fraction of sp³-hybridized carbons (Fsp3) is 0.182. The number of rotatable bonds is 4. The van der Waals surface area contributed by atoms with Crippen molar-refractivity contribution in [2.75, 3.05) is 7.11 Å². The molecule has 0 bridgehead atoms. The summed E-state index contributed by atoms with van der Waals surface area (Å²) in [7, 11) is 1.62. The normalized spacial score (nSPS) is 10.4. The SMILES string of the molecule is COCc1cccc(Oc2nc(Cl)nnc2Cl)c1. The number of aromatic nitrogens is 3. The van der Waals surface area contributed by atoms with Gasteiger partial charge in [-0.1, -0.05) is 23.7 Å². The second kappa shape index (κ2) is 5.95. The Morgan fingerprint density at radius 3 is 2.83 bits per heavy atom. The molecule has 0 amide bonds. The van der Waals surface area contributed by atoms with Crippen molar-refractivity contribution in [2.45, 2.75) is 6.61 Å². The van der Waals surface area contributed by atoms with E-state index in [0.717, 1.165) is 5.56 Å². The van der Waals surface area contributed by atoms with Crippen molar-refractivity contribution in [3.05, 3.63) is 40.3 Å². The van der Waals surface area contributed by atoms with E-state index >= 15 is 0 Å². The third-order valence-electron chi connectivity index (χ3n) is 2.01. The van der Waals surface area contributed by atoms with Gasteiger partial charge in [0.2, 0.25) is 10.4 Å². The van der Waals surface area contributed by atoms with Gasteiger partial charge in [0.05, 0.1) is 6.61 Å². The molecule has 18 heavy (non-hydrogen) atoms. The average molecular weight is 286 g/mol. The monoisotopic (exact) mass is 285 g/mol. The van der Waals surface area contributed by atoms with Crippen LogP contribution >= 0.6 is 23.2 Å². The predicted molar refractivity (Wildman–Crippen MR) is 67.1 cm³/mol. The molecule has 0 atom stereocenters. The maximum absolute atomic E-state index is 5.80.